The highest BCUT2D eigenvalue weighted by Crippen LogP contribution is 2.33. The van der Waals surface area contributed by atoms with Crippen molar-refractivity contribution in [2.24, 2.45) is 0 Å². The fourth-order valence-corrected chi connectivity index (χ4v) is 9.33. The molecule has 7 aromatic heterocycles. The van der Waals surface area contributed by atoms with Gasteiger partial charge in [-0.1, -0.05) is 0 Å². The molecule has 0 atom stereocenters. The van der Waals surface area contributed by atoms with Gasteiger partial charge < -0.3 is 25.8 Å². The summed E-state index contributed by atoms with van der Waals surface area (Å²) in [4.78, 5) is 103. The van der Waals surface area contributed by atoms with Crippen molar-refractivity contribution in [1.29, 1.82) is 0 Å². The molecule has 66 heavy (non-hydrogen) atoms. The van der Waals surface area contributed by atoms with E-state index in [0.29, 0.717) is 52.9 Å². The number of rotatable bonds is 3. The van der Waals surface area contributed by atoms with Crippen molar-refractivity contribution in [1.82, 2.24) is 64.1 Å². The average Bonchev–Trinajstić information content (AvgIpc) is 4.12. The molecule has 0 radical (unpaired) electrons. The SMILES string of the molecule is CC1(C)NC(=O)c2ccc(-n3ccc4cncnc43)c(=O)n21.CC1(C)NC(=O)c2ccc(N3CCc4cncnc43)c(=O)n21.CC1(C)NC(=O)c2ccc(N3CCc4cncnc43)c(=O)n21. The van der Waals surface area contributed by atoms with Crippen molar-refractivity contribution in [2.75, 3.05) is 22.9 Å². The minimum absolute atomic E-state index is 0.188. The Kier molecular flexibility index (Phi) is 9.37. The van der Waals surface area contributed by atoms with E-state index in [9.17, 15) is 28.8 Å². The molecule has 0 aliphatic carbocycles. The number of pyridine rings is 3. The van der Waals surface area contributed by atoms with E-state index in [4.69, 9.17) is 0 Å². The molecule has 0 aromatic carbocycles. The van der Waals surface area contributed by atoms with Crippen molar-refractivity contribution in [3.05, 3.63) is 146 Å². The summed E-state index contributed by atoms with van der Waals surface area (Å²) in [6.07, 6.45) is 13.0. The second-order valence-electron chi connectivity index (χ2n) is 17.8. The van der Waals surface area contributed by atoms with E-state index < -0.39 is 17.0 Å². The third kappa shape index (κ3) is 6.52. The first-order valence-electron chi connectivity index (χ1n) is 21.1. The monoisotopic (exact) mass is 889 g/mol. The van der Waals surface area contributed by atoms with Crippen molar-refractivity contribution >= 4 is 51.8 Å². The van der Waals surface area contributed by atoms with Gasteiger partial charge in [0.1, 0.15) is 87.4 Å². The van der Waals surface area contributed by atoms with Crippen molar-refractivity contribution in [2.45, 2.75) is 71.4 Å². The Morgan fingerprint density at radius 3 is 1.33 bits per heavy atom. The maximum absolute atomic E-state index is 12.9. The second kappa shape index (κ2) is 14.9. The number of anilines is 4. The van der Waals surface area contributed by atoms with Gasteiger partial charge in [0.15, 0.2) is 0 Å². The van der Waals surface area contributed by atoms with Crippen LogP contribution >= 0.6 is 0 Å². The molecule has 0 unspecified atom stereocenters. The topological polar surface area (TPSA) is 242 Å². The molecule has 0 spiro atoms. The Labute approximate surface area is 374 Å². The molecule has 0 bridgehead atoms. The number of nitrogens with zero attached hydrogens (tertiary/aromatic N) is 12. The zero-order valence-corrected chi connectivity index (χ0v) is 36.7. The lowest BCUT2D eigenvalue weighted by atomic mass is 10.2. The molecule has 5 aliphatic heterocycles. The summed E-state index contributed by atoms with van der Waals surface area (Å²) >= 11 is 0. The number of hydrogen-bond acceptors (Lipinski definition) is 14. The van der Waals surface area contributed by atoms with Gasteiger partial charge in [0.25, 0.3) is 34.4 Å². The highest BCUT2D eigenvalue weighted by molar-refractivity contribution is 5.96. The van der Waals surface area contributed by atoms with Crippen LogP contribution in [0.3, 0.4) is 0 Å². The molecule has 12 rings (SSSR count). The number of amides is 3. The summed E-state index contributed by atoms with van der Waals surface area (Å²) < 4.78 is 6.23. The molecule has 7 aromatic rings. The van der Waals surface area contributed by atoms with Gasteiger partial charge in [-0.25, -0.2) is 29.9 Å². The molecule has 21 heteroatoms. The minimum atomic E-state index is -0.753. The first kappa shape index (κ1) is 41.6. The van der Waals surface area contributed by atoms with Crippen LogP contribution in [0, 0.1) is 0 Å². The van der Waals surface area contributed by atoms with E-state index in [1.54, 1.807) is 79.6 Å². The summed E-state index contributed by atoms with van der Waals surface area (Å²) in [5, 5.41) is 9.28. The van der Waals surface area contributed by atoms with Crippen LogP contribution in [0.1, 0.15) is 84.1 Å². The van der Waals surface area contributed by atoms with Crippen LogP contribution in [0.5, 0.6) is 0 Å². The Morgan fingerprint density at radius 2 is 0.879 bits per heavy atom. The Balaban J connectivity index is 0.000000116. The van der Waals surface area contributed by atoms with Crippen molar-refractivity contribution < 1.29 is 14.4 Å². The quantitative estimate of drug-likeness (QED) is 0.231. The summed E-state index contributed by atoms with van der Waals surface area (Å²) in [7, 11) is 0. The molecule has 334 valence electrons. The maximum Gasteiger partial charge on any atom is 0.277 e. The van der Waals surface area contributed by atoms with Crippen molar-refractivity contribution in [3.8, 4) is 5.69 Å². The highest BCUT2D eigenvalue weighted by Gasteiger charge is 2.40. The Hall–Kier alpha value is -8.36. The Morgan fingerprint density at radius 1 is 0.485 bits per heavy atom. The third-order valence-corrected chi connectivity index (χ3v) is 12.3. The largest absolute Gasteiger partial charge is 0.328 e. The van der Waals surface area contributed by atoms with E-state index in [1.165, 1.54) is 32.7 Å². The number of fused-ring (bicyclic) bond motifs is 6. The zero-order chi connectivity index (χ0) is 46.4. The van der Waals surface area contributed by atoms with Crippen LogP contribution in [0.25, 0.3) is 16.7 Å². The molecule has 0 saturated carbocycles. The normalized spacial score (nSPS) is 17.3. The van der Waals surface area contributed by atoms with Gasteiger partial charge in [-0.05, 0) is 96.8 Å². The molecule has 12 heterocycles. The van der Waals surface area contributed by atoms with Gasteiger partial charge in [0, 0.05) is 54.4 Å². The molecular weight excluding hydrogens is 847 g/mol. The van der Waals surface area contributed by atoms with Gasteiger partial charge in [-0.3, -0.25) is 47.0 Å². The number of hydrogen-bond donors (Lipinski definition) is 3. The molecule has 3 amide bonds. The fourth-order valence-electron chi connectivity index (χ4n) is 9.33. The third-order valence-electron chi connectivity index (χ3n) is 12.3. The van der Waals surface area contributed by atoms with E-state index in [-0.39, 0.29) is 34.4 Å². The number of nitrogens with one attached hydrogen (secondary N) is 3. The van der Waals surface area contributed by atoms with Crippen molar-refractivity contribution in [3.63, 3.8) is 0 Å². The van der Waals surface area contributed by atoms with Crippen LogP contribution in [-0.4, -0.2) is 79.0 Å². The van der Waals surface area contributed by atoms with Crippen LogP contribution in [0.4, 0.5) is 23.0 Å². The van der Waals surface area contributed by atoms with E-state index in [1.807, 2.05) is 43.6 Å². The van der Waals surface area contributed by atoms with Gasteiger partial charge in [0.05, 0.1) is 0 Å². The molecule has 5 aliphatic rings. The zero-order valence-electron chi connectivity index (χ0n) is 36.7. The lowest BCUT2D eigenvalue weighted by Crippen LogP contribution is -2.43. The minimum Gasteiger partial charge on any atom is -0.328 e. The molecular formula is C45H43N15O6. The number of carbonyl (C=O) groups is 3. The van der Waals surface area contributed by atoms with Crippen LogP contribution in [-0.2, 0) is 29.8 Å². The fraction of sp³-hybridized carbons (Fsp3) is 0.289. The standard InChI is InChI=1S/2C15H15N5O2.C15H13N5O2/c3*1-15(2)18-13(21)10-3-4-11(14(22)20(10)15)19-6-5-9-7-16-8-17-12(9)19/h2*3-4,7-8H,5-6H2,1-2H3,(H,18,21);3-8H,1-2H3,(H,18,21). The number of carbonyl (C=O) groups excluding carboxylic acids is 3. The van der Waals surface area contributed by atoms with Crippen LogP contribution in [0.2, 0.25) is 0 Å². The summed E-state index contributed by atoms with van der Waals surface area (Å²) in [6.45, 7) is 12.2. The van der Waals surface area contributed by atoms with Gasteiger partial charge in [-0.15, -0.1) is 0 Å². The van der Waals surface area contributed by atoms with Gasteiger partial charge in [0.2, 0.25) is 0 Å². The van der Waals surface area contributed by atoms with Gasteiger partial charge in [-0.2, -0.15) is 0 Å². The van der Waals surface area contributed by atoms with Crippen LogP contribution < -0.4 is 42.4 Å². The predicted molar refractivity (Wildman–Crippen MR) is 240 cm³/mol. The lowest BCUT2D eigenvalue weighted by molar-refractivity contribution is 0.0925. The first-order chi connectivity index (χ1) is 31.5. The predicted octanol–water partition coefficient (Wildman–Crippen LogP) is 2.56. The summed E-state index contributed by atoms with van der Waals surface area (Å²) in [5.74, 6) is 0.842. The van der Waals surface area contributed by atoms with E-state index >= 15 is 0 Å². The maximum atomic E-state index is 12.9. The smallest absolute Gasteiger partial charge is 0.277 e. The molecule has 21 nitrogen and oxygen atoms in total. The summed E-state index contributed by atoms with van der Waals surface area (Å²) in [6, 6.07) is 11.9. The Bertz CT molecular complexity index is 3260. The van der Waals surface area contributed by atoms with Crippen LogP contribution in [0.15, 0.2) is 101 Å². The molecule has 3 N–H and O–H groups in total. The molecule has 0 fully saturated rings. The lowest BCUT2D eigenvalue weighted by Gasteiger charge is -2.24. The first-order valence-corrected chi connectivity index (χ1v) is 21.1. The van der Waals surface area contributed by atoms with Gasteiger partial charge >= 0.3 is 0 Å². The van der Waals surface area contributed by atoms with E-state index in [0.717, 1.165) is 41.0 Å². The summed E-state index contributed by atoms with van der Waals surface area (Å²) in [5.41, 5.74) is 2.55. The highest BCUT2D eigenvalue weighted by atomic mass is 16.2. The van der Waals surface area contributed by atoms with E-state index in [2.05, 4.69) is 45.9 Å². The average molecular weight is 890 g/mol. The number of aromatic nitrogens is 10. The second-order valence-corrected chi connectivity index (χ2v) is 17.8. The molecule has 0 saturated heterocycles.